The fraction of sp³-hybridized carbons (Fsp3) is 0.211. The van der Waals surface area contributed by atoms with Gasteiger partial charge in [0.25, 0.3) is 5.91 Å². The standard InChI is InChI=1S/C19H19ClN4O2/c1-12-4-6-14(7-5-12)11-24-18(20)17(13(2)23-24)19(25)22-15-8-9-16(26-3)21-10-15/h4-10H,11H2,1-3H3,(H,22,25). The van der Waals surface area contributed by atoms with E-state index in [1.165, 1.54) is 18.9 Å². The highest BCUT2D eigenvalue weighted by Crippen LogP contribution is 2.22. The molecule has 26 heavy (non-hydrogen) atoms. The number of carbonyl (C=O) groups excluding carboxylic acids is 1. The Kier molecular flexibility index (Phi) is 5.23. The summed E-state index contributed by atoms with van der Waals surface area (Å²) in [6.07, 6.45) is 1.52. The first kappa shape index (κ1) is 17.9. The lowest BCUT2D eigenvalue weighted by atomic mass is 10.1. The van der Waals surface area contributed by atoms with Crippen LogP contribution in [-0.2, 0) is 6.54 Å². The number of amides is 1. The fourth-order valence-corrected chi connectivity index (χ4v) is 2.87. The van der Waals surface area contributed by atoms with Crippen LogP contribution < -0.4 is 10.1 Å². The maximum atomic E-state index is 12.6. The number of hydrogen-bond acceptors (Lipinski definition) is 4. The molecular weight excluding hydrogens is 352 g/mol. The van der Waals surface area contributed by atoms with Crippen LogP contribution in [0.2, 0.25) is 5.15 Å². The summed E-state index contributed by atoms with van der Waals surface area (Å²) < 4.78 is 6.63. The Morgan fingerprint density at radius 2 is 1.92 bits per heavy atom. The molecule has 0 aliphatic heterocycles. The first-order chi connectivity index (χ1) is 12.5. The third-order valence-corrected chi connectivity index (χ3v) is 4.33. The lowest BCUT2D eigenvalue weighted by Crippen LogP contribution is -2.13. The molecular formula is C19H19ClN4O2. The Morgan fingerprint density at radius 1 is 1.19 bits per heavy atom. The van der Waals surface area contributed by atoms with Crippen molar-refractivity contribution in [3.63, 3.8) is 0 Å². The number of methoxy groups -OCH3 is 1. The van der Waals surface area contributed by atoms with Crippen LogP contribution in [-0.4, -0.2) is 27.8 Å². The number of hydrogen-bond donors (Lipinski definition) is 1. The van der Waals surface area contributed by atoms with Crippen molar-refractivity contribution in [3.8, 4) is 5.88 Å². The highest BCUT2D eigenvalue weighted by molar-refractivity contribution is 6.33. The summed E-state index contributed by atoms with van der Waals surface area (Å²) in [6.45, 7) is 4.29. The molecule has 2 aromatic heterocycles. The molecule has 2 heterocycles. The molecule has 0 spiro atoms. The normalized spacial score (nSPS) is 10.6. The highest BCUT2D eigenvalue weighted by Gasteiger charge is 2.20. The lowest BCUT2D eigenvalue weighted by Gasteiger charge is -2.06. The molecule has 6 nitrogen and oxygen atoms in total. The van der Waals surface area contributed by atoms with E-state index in [1.807, 2.05) is 31.2 Å². The van der Waals surface area contributed by atoms with Crippen LogP contribution in [0.1, 0.15) is 27.2 Å². The molecule has 7 heteroatoms. The maximum Gasteiger partial charge on any atom is 0.260 e. The average molecular weight is 371 g/mol. The topological polar surface area (TPSA) is 69.0 Å². The quantitative estimate of drug-likeness (QED) is 0.740. The van der Waals surface area contributed by atoms with Crippen molar-refractivity contribution in [1.82, 2.24) is 14.8 Å². The monoisotopic (exact) mass is 370 g/mol. The van der Waals surface area contributed by atoms with Gasteiger partial charge in [-0.3, -0.25) is 4.79 Å². The largest absolute Gasteiger partial charge is 0.481 e. The molecule has 3 rings (SSSR count). The molecule has 134 valence electrons. The minimum Gasteiger partial charge on any atom is -0.481 e. The Bertz CT molecular complexity index is 918. The molecule has 3 aromatic rings. The Labute approximate surface area is 156 Å². The summed E-state index contributed by atoms with van der Waals surface area (Å²) >= 11 is 6.42. The van der Waals surface area contributed by atoms with Crippen LogP contribution in [0.3, 0.4) is 0 Å². The molecule has 0 unspecified atom stereocenters. The number of carbonyl (C=O) groups is 1. The van der Waals surface area contributed by atoms with E-state index in [-0.39, 0.29) is 5.91 Å². The van der Waals surface area contributed by atoms with E-state index in [1.54, 1.807) is 23.7 Å². The number of ether oxygens (including phenoxy) is 1. The Morgan fingerprint density at radius 3 is 2.54 bits per heavy atom. The van der Waals surface area contributed by atoms with Gasteiger partial charge in [-0.2, -0.15) is 5.10 Å². The van der Waals surface area contributed by atoms with Crippen LogP contribution in [0.25, 0.3) is 0 Å². The van der Waals surface area contributed by atoms with Gasteiger partial charge in [0, 0.05) is 6.07 Å². The van der Waals surface area contributed by atoms with Gasteiger partial charge < -0.3 is 10.1 Å². The van der Waals surface area contributed by atoms with E-state index in [0.717, 1.165) is 5.56 Å². The van der Waals surface area contributed by atoms with E-state index in [2.05, 4.69) is 15.4 Å². The van der Waals surface area contributed by atoms with Gasteiger partial charge in [-0.25, -0.2) is 9.67 Å². The molecule has 1 aromatic carbocycles. The van der Waals surface area contributed by atoms with Crippen LogP contribution in [0, 0.1) is 13.8 Å². The van der Waals surface area contributed by atoms with Gasteiger partial charge in [0.15, 0.2) is 0 Å². The zero-order valence-electron chi connectivity index (χ0n) is 14.8. The van der Waals surface area contributed by atoms with Crippen LogP contribution in [0.15, 0.2) is 42.6 Å². The van der Waals surface area contributed by atoms with Crippen molar-refractivity contribution in [2.24, 2.45) is 0 Å². The smallest absolute Gasteiger partial charge is 0.260 e. The SMILES string of the molecule is COc1ccc(NC(=O)c2c(C)nn(Cc3ccc(C)cc3)c2Cl)cn1. The predicted octanol–water partition coefficient (Wildman–Crippen LogP) is 3.86. The number of halogens is 1. The van der Waals surface area contributed by atoms with Crippen LogP contribution >= 0.6 is 11.6 Å². The van der Waals surface area contributed by atoms with Crippen molar-refractivity contribution in [2.45, 2.75) is 20.4 Å². The first-order valence-electron chi connectivity index (χ1n) is 8.08. The van der Waals surface area contributed by atoms with Crippen molar-refractivity contribution < 1.29 is 9.53 Å². The van der Waals surface area contributed by atoms with Crippen molar-refractivity contribution >= 4 is 23.2 Å². The number of aromatic nitrogens is 3. The van der Waals surface area contributed by atoms with E-state index < -0.39 is 0 Å². The maximum absolute atomic E-state index is 12.6. The van der Waals surface area contributed by atoms with Gasteiger partial charge in [-0.05, 0) is 25.5 Å². The van der Waals surface area contributed by atoms with E-state index >= 15 is 0 Å². The van der Waals surface area contributed by atoms with Crippen LogP contribution in [0.4, 0.5) is 5.69 Å². The number of rotatable bonds is 5. The fourth-order valence-electron chi connectivity index (χ4n) is 2.55. The molecule has 0 aliphatic carbocycles. The molecule has 0 radical (unpaired) electrons. The number of pyridine rings is 1. The molecule has 0 bridgehead atoms. The van der Waals surface area contributed by atoms with Crippen molar-refractivity contribution in [2.75, 3.05) is 12.4 Å². The summed E-state index contributed by atoms with van der Waals surface area (Å²) in [5, 5.41) is 7.49. The molecule has 1 amide bonds. The second-order valence-electron chi connectivity index (χ2n) is 5.94. The zero-order valence-corrected chi connectivity index (χ0v) is 15.5. The Balaban J connectivity index is 1.79. The van der Waals surface area contributed by atoms with Gasteiger partial charge in [-0.15, -0.1) is 0 Å². The minimum atomic E-state index is -0.324. The van der Waals surface area contributed by atoms with E-state index in [0.29, 0.717) is 34.5 Å². The first-order valence-corrected chi connectivity index (χ1v) is 8.45. The van der Waals surface area contributed by atoms with Gasteiger partial charge >= 0.3 is 0 Å². The highest BCUT2D eigenvalue weighted by atomic mass is 35.5. The average Bonchev–Trinajstić information content (AvgIpc) is 2.91. The molecule has 0 saturated heterocycles. The van der Waals surface area contributed by atoms with E-state index in [4.69, 9.17) is 16.3 Å². The summed E-state index contributed by atoms with van der Waals surface area (Å²) in [6, 6.07) is 11.5. The minimum absolute atomic E-state index is 0.307. The molecule has 0 saturated carbocycles. The summed E-state index contributed by atoms with van der Waals surface area (Å²) in [7, 11) is 1.53. The number of nitrogens with zero attached hydrogens (tertiary/aromatic N) is 3. The third-order valence-electron chi connectivity index (χ3n) is 3.95. The zero-order chi connectivity index (χ0) is 18.7. The number of benzene rings is 1. The number of nitrogens with one attached hydrogen (secondary N) is 1. The summed E-state index contributed by atoms with van der Waals surface area (Å²) in [5.41, 5.74) is 3.73. The van der Waals surface area contributed by atoms with E-state index in [9.17, 15) is 4.79 Å². The summed E-state index contributed by atoms with van der Waals surface area (Å²) in [5.74, 6) is 0.151. The molecule has 0 fully saturated rings. The number of aryl methyl sites for hydroxylation is 2. The van der Waals surface area contributed by atoms with Gasteiger partial charge in [-0.1, -0.05) is 41.4 Å². The van der Waals surface area contributed by atoms with Gasteiger partial charge in [0.2, 0.25) is 5.88 Å². The van der Waals surface area contributed by atoms with Gasteiger partial charge in [0.1, 0.15) is 5.15 Å². The number of anilines is 1. The summed E-state index contributed by atoms with van der Waals surface area (Å²) in [4.78, 5) is 16.7. The molecule has 0 aliphatic rings. The van der Waals surface area contributed by atoms with Crippen molar-refractivity contribution in [3.05, 3.63) is 70.1 Å². The second-order valence-corrected chi connectivity index (χ2v) is 6.30. The van der Waals surface area contributed by atoms with Gasteiger partial charge in [0.05, 0.1) is 36.8 Å². The third kappa shape index (κ3) is 3.86. The second kappa shape index (κ2) is 7.58. The Hall–Kier alpha value is -2.86. The van der Waals surface area contributed by atoms with Crippen molar-refractivity contribution in [1.29, 1.82) is 0 Å². The lowest BCUT2D eigenvalue weighted by molar-refractivity contribution is 0.102. The molecule has 1 N–H and O–H groups in total. The molecule has 0 atom stereocenters. The predicted molar refractivity (Wildman–Crippen MR) is 101 cm³/mol. The van der Waals surface area contributed by atoms with Crippen LogP contribution in [0.5, 0.6) is 5.88 Å².